The Morgan fingerprint density at radius 1 is 1.43 bits per heavy atom. The molecule has 0 aromatic carbocycles. The largest absolute Gasteiger partial charge is 0.469 e. The molecule has 0 aliphatic heterocycles. The van der Waals surface area contributed by atoms with E-state index in [9.17, 15) is 0 Å². The second kappa shape index (κ2) is 5.83. The Bertz CT molecular complexity index is 233. The number of rotatable bonds is 6. The number of nitrogens with one attached hydrogen (secondary N) is 1. The first-order chi connectivity index (χ1) is 6.72. The van der Waals surface area contributed by atoms with E-state index in [1.165, 1.54) is 0 Å². The summed E-state index contributed by atoms with van der Waals surface area (Å²) in [5.74, 6) is 1.00. The highest BCUT2D eigenvalue weighted by molar-refractivity contribution is 5.00. The van der Waals surface area contributed by atoms with Crippen molar-refractivity contribution in [2.45, 2.75) is 38.8 Å². The fourth-order valence-corrected chi connectivity index (χ4v) is 1.55. The molecule has 0 aliphatic rings. The molecule has 3 heteroatoms. The van der Waals surface area contributed by atoms with Crippen molar-refractivity contribution in [2.75, 3.05) is 6.61 Å². The van der Waals surface area contributed by atoms with Crippen LogP contribution in [0.25, 0.3) is 0 Å². The minimum atomic E-state index is 0.238. The van der Waals surface area contributed by atoms with Gasteiger partial charge in [-0.15, -0.1) is 0 Å². The highest BCUT2D eigenvalue weighted by atomic mass is 16.3. The van der Waals surface area contributed by atoms with Crippen molar-refractivity contribution in [3.8, 4) is 0 Å². The fourth-order valence-electron chi connectivity index (χ4n) is 1.55. The molecule has 1 aromatic heterocycles. The normalized spacial score (nSPS) is 15.4. The van der Waals surface area contributed by atoms with Crippen LogP contribution in [0.5, 0.6) is 0 Å². The molecule has 2 unspecified atom stereocenters. The smallest absolute Gasteiger partial charge is 0.105 e. The summed E-state index contributed by atoms with van der Waals surface area (Å²) >= 11 is 0. The number of aliphatic hydroxyl groups is 1. The van der Waals surface area contributed by atoms with Crippen LogP contribution in [0.3, 0.4) is 0 Å². The molecule has 1 aromatic rings. The molecule has 0 saturated heterocycles. The molecule has 0 spiro atoms. The molecule has 14 heavy (non-hydrogen) atoms. The van der Waals surface area contributed by atoms with Crippen LogP contribution in [0, 0.1) is 0 Å². The summed E-state index contributed by atoms with van der Waals surface area (Å²) in [6.45, 7) is 4.44. The fraction of sp³-hybridized carbons (Fsp3) is 0.636. The number of furan rings is 1. The van der Waals surface area contributed by atoms with Gasteiger partial charge in [-0.2, -0.15) is 0 Å². The lowest BCUT2D eigenvalue weighted by molar-refractivity contribution is 0.263. The van der Waals surface area contributed by atoms with Gasteiger partial charge in [-0.3, -0.25) is 0 Å². The summed E-state index contributed by atoms with van der Waals surface area (Å²) in [5.41, 5.74) is 0. The zero-order valence-electron chi connectivity index (χ0n) is 8.86. The van der Waals surface area contributed by atoms with Crippen LogP contribution in [-0.4, -0.2) is 23.8 Å². The van der Waals surface area contributed by atoms with Crippen molar-refractivity contribution in [3.05, 3.63) is 24.2 Å². The second-order valence-electron chi connectivity index (χ2n) is 3.76. The molecular weight excluding hydrogens is 178 g/mol. The molecule has 0 bridgehead atoms. The zero-order chi connectivity index (χ0) is 10.4. The molecular formula is C11H19NO2. The van der Waals surface area contributed by atoms with Gasteiger partial charge in [0, 0.05) is 25.1 Å². The van der Waals surface area contributed by atoms with E-state index in [0.717, 1.165) is 18.6 Å². The Morgan fingerprint density at radius 3 is 2.79 bits per heavy atom. The molecule has 0 saturated carbocycles. The van der Waals surface area contributed by atoms with Crippen LogP contribution in [-0.2, 0) is 6.42 Å². The lowest BCUT2D eigenvalue weighted by Crippen LogP contribution is -2.36. The summed E-state index contributed by atoms with van der Waals surface area (Å²) in [6.07, 6.45) is 3.38. The maximum atomic E-state index is 8.75. The maximum absolute atomic E-state index is 8.75. The molecule has 0 fully saturated rings. The van der Waals surface area contributed by atoms with E-state index in [-0.39, 0.29) is 6.61 Å². The van der Waals surface area contributed by atoms with Crippen LogP contribution in [0.4, 0.5) is 0 Å². The van der Waals surface area contributed by atoms with Gasteiger partial charge in [-0.25, -0.2) is 0 Å². The number of hydrogen-bond acceptors (Lipinski definition) is 3. The molecule has 1 rings (SSSR count). The lowest BCUT2D eigenvalue weighted by Gasteiger charge is -2.18. The molecule has 3 nitrogen and oxygen atoms in total. The van der Waals surface area contributed by atoms with E-state index in [1.807, 2.05) is 12.1 Å². The first-order valence-electron chi connectivity index (χ1n) is 5.11. The average Bonchev–Trinajstić information content (AvgIpc) is 2.56. The number of hydrogen-bond donors (Lipinski definition) is 2. The van der Waals surface area contributed by atoms with Crippen LogP contribution in [0.2, 0.25) is 0 Å². The SMILES string of the molecule is CC(CCO)NC(C)Cc1ccco1. The lowest BCUT2D eigenvalue weighted by atomic mass is 10.1. The molecule has 0 radical (unpaired) electrons. The van der Waals surface area contributed by atoms with Gasteiger partial charge in [0.1, 0.15) is 5.76 Å². The van der Waals surface area contributed by atoms with Gasteiger partial charge < -0.3 is 14.8 Å². The summed E-state index contributed by atoms with van der Waals surface area (Å²) in [4.78, 5) is 0. The molecule has 0 aliphatic carbocycles. The van der Waals surface area contributed by atoms with Gasteiger partial charge in [0.15, 0.2) is 0 Å². The molecule has 0 amide bonds. The monoisotopic (exact) mass is 197 g/mol. The van der Waals surface area contributed by atoms with Gasteiger partial charge in [-0.1, -0.05) is 0 Å². The summed E-state index contributed by atoms with van der Waals surface area (Å²) in [6, 6.07) is 4.61. The van der Waals surface area contributed by atoms with Gasteiger partial charge in [-0.05, 0) is 32.4 Å². The summed E-state index contributed by atoms with van der Waals surface area (Å²) in [5, 5.41) is 12.1. The van der Waals surface area contributed by atoms with Crippen molar-refractivity contribution in [3.63, 3.8) is 0 Å². The Balaban J connectivity index is 2.25. The van der Waals surface area contributed by atoms with Gasteiger partial charge in [0.25, 0.3) is 0 Å². The highest BCUT2D eigenvalue weighted by Crippen LogP contribution is 2.04. The van der Waals surface area contributed by atoms with E-state index >= 15 is 0 Å². The predicted molar refractivity (Wildman–Crippen MR) is 56.2 cm³/mol. The Hall–Kier alpha value is -0.800. The van der Waals surface area contributed by atoms with Gasteiger partial charge in [0.05, 0.1) is 6.26 Å². The summed E-state index contributed by atoms with van der Waals surface area (Å²) < 4.78 is 5.26. The van der Waals surface area contributed by atoms with Crippen molar-refractivity contribution >= 4 is 0 Å². The topological polar surface area (TPSA) is 45.4 Å². The third-order valence-corrected chi connectivity index (χ3v) is 2.22. The van der Waals surface area contributed by atoms with Crippen molar-refractivity contribution in [1.82, 2.24) is 5.32 Å². The minimum Gasteiger partial charge on any atom is -0.469 e. The molecule has 2 N–H and O–H groups in total. The number of aliphatic hydroxyl groups excluding tert-OH is 1. The molecule has 80 valence electrons. The average molecular weight is 197 g/mol. The van der Waals surface area contributed by atoms with Crippen LogP contribution in [0.1, 0.15) is 26.0 Å². The van der Waals surface area contributed by atoms with Gasteiger partial charge in [0.2, 0.25) is 0 Å². The Morgan fingerprint density at radius 2 is 2.21 bits per heavy atom. The Kier molecular flexibility index (Phi) is 4.70. The van der Waals surface area contributed by atoms with E-state index in [4.69, 9.17) is 9.52 Å². The van der Waals surface area contributed by atoms with E-state index in [2.05, 4.69) is 19.2 Å². The maximum Gasteiger partial charge on any atom is 0.105 e. The standard InChI is InChI=1S/C11H19NO2/c1-9(5-6-13)12-10(2)8-11-4-3-7-14-11/h3-4,7,9-10,12-13H,5-6,8H2,1-2H3. The Labute approximate surface area is 85.1 Å². The first kappa shape index (κ1) is 11.3. The van der Waals surface area contributed by atoms with Crippen molar-refractivity contribution in [2.24, 2.45) is 0 Å². The highest BCUT2D eigenvalue weighted by Gasteiger charge is 2.08. The predicted octanol–water partition coefficient (Wildman–Crippen LogP) is 1.57. The molecule has 1 heterocycles. The van der Waals surface area contributed by atoms with Gasteiger partial charge >= 0.3 is 0 Å². The van der Waals surface area contributed by atoms with Crippen LogP contribution in [0.15, 0.2) is 22.8 Å². The van der Waals surface area contributed by atoms with Crippen LogP contribution < -0.4 is 5.32 Å². The third-order valence-electron chi connectivity index (χ3n) is 2.22. The summed E-state index contributed by atoms with van der Waals surface area (Å²) in [7, 11) is 0. The zero-order valence-corrected chi connectivity index (χ0v) is 8.86. The van der Waals surface area contributed by atoms with Crippen LogP contribution >= 0.6 is 0 Å². The minimum absolute atomic E-state index is 0.238. The van der Waals surface area contributed by atoms with E-state index in [0.29, 0.717) is 12.1 Å². The quantitative estimate of drug-likeness (QED) is 0.727. The third kappa shape index (κ3) is 3.94. The van der Waals surface area contributed by atoms with Crippen molar-refractivity contribution in [1.29, 1.82) is 0 Å². The second-order valence-corrected chi connectivity index (χ2v) is 3.76. The van der Waals surface area contributed by atoms with Crippen molar-refractivity contribution < 1.29 is 9.52 Å². The van der Waals surface area contributed by atoms with E-state index < -0.39 is 0 Å². The first-order valence-corrected chi connectivity index (χ1v) is 5.11. The van der Waals surface area contributed by atoms with E-state index in [1.54, 1.807) is 6.26 Å². The molecule has 2 atom stereocenters.